The zero-order valence-electron chi connectivity index (χ0n) is 8.73. The molecular weight excluding hydrogens is 208 g/mol. The van der Waals surface area contributed by atoms with E-state index in [-0.39, 0.29) is 0 Å². The second-order valence-corrected chi connectivity index (χ2v) is 3.57. The van der Waals surface area contributed by atoms with E-state index in [0.29, 0.717) is 5.05 Å². The van der Waals surface area contributed by atoms with Gasteiger partial charge in [0.2, 0.25) is 5.05 Å². The van der Waals surface area contributed by atoms with Crippen molar-refractivity contribution in [1.82, 2.24) is 9.61 Å². The van der Waals surface area contributed by atoms with Crippen molar-refractivity contribution < 1.29 is 4.74 Å². The Bertz CT molecular complexity index is 504. The summed E-state index contributed by atoms with van der Waals surface area (Å²) in [5.74, 6) is 0. The van der Waals surface area contributed by atoms with Crippen molar-refractivity contribution in [2.24, 2.45) is 0 Å². The van der Waals surface area contributed by atoms with Gasteiger partial charge in [-0.15, -0.1) is 0 Å². The van der Waals surface area contributed by atoms with Crippen molar-refractivity contribution in [1.29, 1.82) is 0 Å². The molecule has 0 atom stereocenters. The van der Waals surface area contributed by atoms with E-state index in [9.17, 15) is 0 Å². The molecule has 2 rings (SSSR count). The molecule has 2 aromatic heterocycles. The van der Waals surface area contributed by atoms with Crippen LogP contribution in [0.3, 0.4) is 0 Å². The van der Waals surface area contributed by atoms with Gasteiger partial charge in [-0.05, 0) is 30.8 Å². The molecule has 2 heterocycles. The second kappa shape index (κ2) is 3.98. The van der Waals surface area contributed by atoms with E-state index < -0.39 is 0 Å². The van der Waals surface area contributed by atoms with E-state index in [1.807, 2.05) is 28.9 Å². The van der Waals surface area contributed by atoms with Crippen molar-refractivity contribution in [3.63, 3.8) is 0 Å². The summed E-state index contributed by atoms with van der Waals surface area (Å²) in [7, 11) is 1.58. The number of methoxy groups -OCH3 is 1. The molecule has 0 unspecified atom stereocenters. The molecule has 3 nitrogen and oxygen atoms in total. The van der Waals surface area contributed by atoms with E-state index in [1.165, 1.54) is 0 Å². The van der Waals surface area contributed by atoms with Crippen LogP contribution in [0.15, 0.2) is 24.4 Å². The van der Waals surface area contributed by atoms with Crippen LogP contribution in [0, 0.1) is 0 Å². The molecule has 0 bridgehead atoms. The number of aromatic nitrogens is 2. The van der Waals surface area contributed by atoms with E-state index in [1.54, 1.807) is 7.11 Å². The minimum Gasteiger partial charge on any atom is -0.485 e. The van der Waals surface area contributed by atoms with Gasteiger partial charge in [0.05, 0.1) is 12.6 Å². The molecule has 0 aromatic carbocycles. The lowest BCUT2D eigenvalue weighted by Gasteiger charge is -1.99. The summed E-state index contributed by atoms with van der Waals surface area (Å²) in [4.78, 5) is 0. The van der Waals surface area contributed by atoms with Crippen LogP contribution in [-0.2, 0) is 11.2 Å². The minimum atomic E-state index is 0.454. The zero-order valence-corrected chi connectivity index (χ0v) is 9.54. The van der Waals surface area contributed by atoms with Crippen LogP contribution in [-0.4, -0.2) is 21.8 Å². The molecule has 0 spiro atoms. The summed E-state index contributed by atoms with van der Waals surface area (Å²) in [6, 6.07) is 5.97. The lowest BCUT2D eigenvalue weighted by molar-refractivity contribution is 0.414. The quantitative estimate of drug-likeness (QED) is 0.726. The number of thiocarbonyl (C=S) groups is 1. The topological polar surface area (TPSA) is 26.5 Å². The lowest BCUT2D eigenvalue weighted by Crippen LogP contribution is -2.03. The predicted octanol–water partition coefficient (Wildman–Crippen LogP) is 2.22. The molecule has 0 saturated carbocycles. The Hall–Kier alpha value is -1.42. The van der Waals surface area contributed by atoms with Gasteiger partial charge in [0.1, 0.15) is 5.69 Å². The normalized spacial score (nSPS) is 10.5. The third-order valence-electron chi connectivity index (χ3n) is 2.37. The number of nitrogens with zero attached hydrogens (tertiary/aromatic N) is 2. The van der Waals surface area contributed by atoms with Gasteiger partial charge in [-0.3, -0.25) is 0 Å². The van der Waals surface area contributed by atoms with Gasteiger partial charge in [-0.25, -0.2) is 4.52 Å². The summed E-state index contributed by atoms with van der Waals surface area (Å²) >= 11 is 5.12. The Balaban J connectivity index is 2.69. The Kier molecular flexibility index (Phi) is 2.68. The highest BCUT2D eigenvalue weighted by molar-refractivity contribution is 7.80. The van der Waals surface area contributed by atoms with Crippen molar-refractivity contribution in [2.75, 3.05) is 7.11 Å². The van der Waals surface area contributed by atoms with E-state index in [0.717, 1.165) is 23.2 Å². The summed E-state index contributed by atoms with van der Waals surface area (Å²) in [5, 5.41) is 4.86. The molecule has 4 heteroatoms. The zero-order chi connectivity index (χ0) is 10.8. The lowest BCUT2D eigenvalue weighted by atomic mass is 10.1. The van der Waals surface area contributed by atoms with Crippen LogP contribution in [0.1, 0.15) is 18.2 Å². The Morgan fingerprint density at radius 1 is 1.53 bits per heavy atom. The minimum absolute atomic E-state index is 0.454. The maximum absolute atomic E-state index is 5.12. The monoisotopic (exact) mass is 220 g/mol. The predicted molar refractivity (Wildman–Crippen MR) is 63.3 cm³/mol. The summed E-state index contributed by atoms with van der Waals surface area (Å²) in [6.07, 6.45) is 2.81. The molecule has 0 saturated heterocycles. The second-order valence-electron chi connectivity index (χ2n) is 3.20. The van der Waals surface area contributed by atoms with Crippen LogP contribution in [0.25, 0.3) is 5.52 Å². The number of aryl methyl sites for hydroxylation is 1. The highest BCUT2D eigenvalue weighted by Gasteiger charge is 2.14. The molecule has 2 aromatic rings. The average Bonchev–Trinajstić information content (AvgIpc) is 2.66. The van der Waals surface area contributed by atoms with E-state index in [2.05, 4.69) is 12.0 Å². The molecule has 0 amide bonds. The highest BCUT2D eigenvalue weighted by atomic mass is 32.1. The van der Waals surface area contributed by atoms with Gasteiger partial charge in [0.15, 0.2) is 0 Å². The molecule has 15 heavy (non-hydrogen) atoms. The Morgan fingerprint density at radius 2 is 2.33 bits per heavy atom. The number of hydrogen-bond acceptors (Lipinski definition) is 3. The van der Waals surface area contributed by atoms with Gasteiger partial charge < -0.3 is 4.74 Å². The fourth-order valence-electron chi connectivity index (χ4n) is 1.66. The van der Waals surface area contributed by atoms with E-state index in [4.69, 9.17) is 17.0 Å². The number of rotatable bonds is 2. The Morgan fingerprint density at radius 3 is 3.00 bits per heavy atom. The molecule has 0 radical (unpaired) electrons. The first kappa shape index (κ1) is 10.1. The smallest absolute Gasteiger partial charge is 0.212 e. The van der Waals surface area contributed by atoms with Gasteiger partial charge in [0.25, 0.3) is 0 Å². The molecule has 0 aliphatic carbocycles. The van der Waals surface area contributed by atoms with Gasteiger partial charge in [0, 0.05) is 11.8 Å². The fourth-order valence-corrected chi connectivity index (χ4v) is 1.82. The number of fused-ring (bicyclic) bond motifs is 1. The van der Waals surface area contributed by atoms with Crippen LogP contribution < -0.4 is 0 Å². The third kappa shape index (κ3) is 1.61. The molecule has 78 valence electrons. The first-order valence-corrected chi connectivity index (χ1v) is 5.23. The molecular formula is C11H12N2OS. The van der Waals surface area contributed by atoms with Crippen molar-refractivity contribution in [3.8, 4) is 0 Å². The summed E-state index contributed by atoms with van der Waals surface area (Å²) < 4.78 is 6.90. The highest BCUT2D eigenvalue weighted by Crippen LogP contribution is 2.17. The average molecular weight is 220 g/mol. The third-order valence-corrected chi connectivity index (χ3v) is 2.73. The van der Waals surface area contributed by atoms with Crippen molar-refractivity contribution >= 4 is 22.8 Å². The standard InChI is InChI=1S/C11H12N2OS/c1-3-8-9-6-4-5-7-13(9)12-10(8)11(15)14-2/h4-7H,3H2,1-2H3. The first-order chi connectivity index (χ1) is 7.27. The number of ether oxygens (including phenoxy) is 1. The SMILES string of the molecule is CCc1c(C(=S)OC)nn2ccccc12. The van der Waals surface area contributed by atoms with Crippen molar-refractivity contribution in [3.05, 3.63) is 35.7 Å². The molecule has 0 fully saturated rings. The van der Waals surface area contributed by atoms with Crippen LogP contribution in [0.5, 0.6) is 0 Å². The maximum Gasteiger partial charge on any atom is 0.212 e. The Labute approximate surface area is 93.7 Å². The van der Waals surface area contributed by atoms with Gasteiger partial charge in [-0.2, -0.15) is 5.10 Å². The van der Waals surface area contributed by atoms with Crippen LogP contribution in [0.2, 0.25) is 0 Å². The number of hydrogen-bond donors (Lipinski definition) is 0. The molecule has 0 aliphatic heterocycles. The fraction of sp³-hybridized carbons (Fsp3) is 0.273. The number of pyridine rings is 1. The van der Waals surface area contributed by atoms with Crippen LogP contribution in [0.4, 0.5) is 0 Å². The molecule has 0 N–H and O–H groups in total. The summed E-state index contributed by atoms with van der Waals surface area (Å²) in [6.45, 7) is 2.09. The summed E-state index contributed by atoms with van der Waals surface area (Å²) in [5.41, 5.74) is 3.01. The largest absolute Gasteiger partial charge is 0.485 e. The van der Waals surface area contributed by atoms with Gasteiger partial charge in [-0.1, -0.05) is 13.0 Å². The van der Waals surface area contributed by atoms with Crippen LogP contribution >= 0.6 is 12.2 Å². The van der Waals surface area contributed by atoms with Crippen molar-refractivity contribution in [2.45, 2.75) is 13.3 Å². The maximum atomic E-state index is 5.12. The van der Waals surface area contributed by atoms with E-state index >= 15 is 0 Å². The first-order valence-electron chi connectivity index (χ1n) is 4.82. The molecule has 0 aliphatic rings. The van der Waals surface area contributed by atoms with Gasteiger partial charge >= 0.3 is 0 Å².